The highest BCUT2D eigenvalue weighted by Gasteiger charge is 2.33. The van der Waals surface area contributed by atoms with Crippen LogP contribution in [0.15, 0.2) is 24.3 Å². The summed E-state index contributed by atoms with van der Waals surface area (Å²) in [6.07, 6.45) is -0.380. The molecule has 2 rings (SSSR count). The van der Waals surface area contributed by atoms with Crippen molar-refractivity contribution in [1.29, 1.82) is 0 Å². The van der Waals surface area contributed by atoms with Crippen molar-refractivity contribution in [3.05, 3.63) is 30.1 Å². The van der Waals surface area contributed by atoms with Crippen molar-refractivity contribution in [2.45, 2.75) is 19.1 Å². The van der Waals surface area contributed by atoms with E-state index in [1.165, 1.54) is 12.1 Å². The lowest BCUT2D eigenvalue weighted by Gasteiger charge is -2.18. The molecule has 0 spiro atoms. The molecule has 1 aromatic rings. The van der Waals surface area contributed by atoms with Crippen molar-refractivity contribution in [3.63, 3.8) is 0 Å². The molecular formula is C11H15FN4O2. The van der Waals surface area contributed by atoms with Crippen LogP contribution in [0, 0.1) is 5.82 Å². The number of hydrazine groups is 2. The summed E-state index contributed by atoms with van der Waals surface area (Å²) in [7, 11) is 0. The zero-order valence-corrected chi connectivity index (χ0v) is 9.87. The Kier molecular flexibility index (Phi) is 4.08. The summed E-state index contributed by atoms with van der Waals surface area (Å²) in [5.41, 5.74) is 8.95. The first-order valence-electron chi connectivity index (χ1n) is 5.65. The van der Waals surface area contributed by atoms with Crippen LogP contribution in [0.25, 0.3) is 0 Å². The first-order valence-corrected chi connectivity index (χ1v) is 5.65. The van der Waals surface area contributed by atoms with Crippen LogP contribution < -0.4 is 21.7 Å². The lowest BCUT2D eigenvalue weighted by Crippen LogP contribution is -2.46. The minimum absolute atomic E-state index is 0.307. The highest BCUT2D eigenvalue weighted by Crippen LogP contribution is 2.11. The van der Waals surface area contributed by atoms with Gasteiger partial charge in [0.2, 0.25) is 0 Å². The molecule has 0 amide bonds. The number of carbonyl (C=O) groups is 1. The SMILES string of the molecule is CCOC(=O)C1NNNC1Nc1ccc(F)cc1. The Hall–Kier alpha value is -1.70. The van der Waals surface area contributed by atoms with Gasteiger partial charge in [-0.25, -0.2) is 15.2 Å². The third kappa shape index (κ3) is 2.95. The normalized spacial score (nSPS) is 22.8. The van der Waals surface area contributed by atoms with Crippen LogP contribution in [0.1, 0.15) is 6.92 Å². The largest absolute Gasteiger partial charge is 0.465 e. The Balaban J connectivity index is 1.99. The number of esters is 1. The monoisotopic (exact) mass is 254 g/mol. The van der Waals surface area contributed by atoms with E-state index in [1.54, 1.807) is 19.1 Å². The zero-order chi connectivity index (χ0) is 13.0. The van der Waals surface area contributed by atoms with Crippen LogP contribution in [-0.4, -0.2) is 24.8 Å². The smallest absolute Gasteiger partial charge is 0.328 e. The molecule has 1 aliphatic rings. The summed E-state index contributed by atoms with van der Waals surface area (Å²) in [5, 5.41) is 3.05. The molecule has 1 heterocycles. The number of benzene rings is 1. The topological polar surface area (TPSA) is 74.4 Å². The Morgan fingerprint density at radius 2 is 2.11 bits per heavy atom. The molecule has 18 heavy (non-hydrogen) atoms. The molecule has 4 N–H and O–H groups in total. The number of hydrogen-bond donors (Lipinski definition) is 4. The van der Waals surface area contributed by atoms with Gasteiger partial charge in [0, 0.05) is 5.69 Å². The summed E-state index contributed by atoms with van der Waals surface area (Å²) in [5.74, 6) is -0.673. The summed E-state index contributed by atoms with van der Waals surface area (Å²) in [6.45, 7) is 2.07. The van der Waals surface area contributed by atoms with Gasteiger partial charge in [0.15, 0.2) is 6.04 Å². The van der Waals surface area contributed by atoms with Crippen LogP contribution in [-0.2, 0) is 9.53 Å². The molecule has 1 saturated heterocycles. The van der Waals surface area contributed by atoms with Crippen molar-refractivity contribution >= 4 is 11.7 Å². The van der Waals surface area contributed by atoms with E-state index >= 15 is 0 Å². The maximum atomic E-state index is 12.8. The molecule has 98 valence electrons. The maximum absolute atomic E-state index is 12.8. The van der Waals surface area contributed by atoms with Crippen molar-refractivity contribution < 1.29 is 13.9 Å². The molecule has 0 aliphatic carbocycles. The standard InChI is InChI=1S/C11H15FN4O2/c1-2-18-11(17)9-10(15-16-14-9)13-8-5-3-7(12)4-6-8/h3-6,9-10,13-16H,2H2,1H3. The number of ether oxygens (including phenoxy) is 1. The van der Waals surface area contributed by atoms with E-state index < -0.39 is 6.04 Å². The fraction of sp³-hybridized carbons (Fsp3) is 0.364. The number of rotatable bonds is 4. The van der Waals surface area contributed by atoms with Gasteiger partial charge in [-0.05, 0) is 31.2 Å². The first kappa shape index (κ1) is 12.7. The molecule has 2 atom stereocenters. The molecule has 0 bridgehead atoms. The van der Waals surface area contributed by atoms with E-state index in [2.05, 4.69) is 21.7 Å². The second-order valence-corrected chi connectivity index (χ2v) is 3.77. The summed E-state index contributed by atoms with van der Waals surface area (Å²) in [6, 6.07) is 5.32. The third-order valence-corrected chi connectivity index (χ3v) is 2.50. The molecule has 1 fully saturated rings. The van der Waals surface area contributed by atoms with Gasteiger partial charge >= 0.3 is 5.97 Å². The van der Waals surface area contributed by atoms with Gasteiger partial charge in [0.1, 0.15) is 12.0 Å². The van der Waals surface area contributed by atoms with E-state index in [1.807, 2.05) is 0 Å². The van der Waals surface area contributed by atoms with E-state index in [9.17, 15) is 9.18 Å². The molecule has 0 aromatic heterocycles. The van der Waals surface area contributed by atoms with Crippen molar-refractivity contribution in [1.82, 2.24) is 16.4 Å². The third-order valence-electron chi connectivity index (χ3n) is 2.50. The Labute approximate surface area is 104 Å². The molecule has 6 nitrogen and oxygen atoms in total. The first-order chi connectivity index (χ1) is 8.70. The van der Waals surface area contributed by atoms with E-state index in [0.29, 0.717) is 12.3 Å². The van der Waals surface area contributed by atoms with E-state index in [4.69, 9.17) is 4.74 Å². The van der Waals surface area contributed by atoms with Gasteiger partial charge < -0.3 is 10.1 Å². The molecule has 1 aliphatic heterocycles. The second-order valence-electron chi connectivity index (χ2n) is 3.77. The second kappa shape index (κ2) is 5.76. The Morgan fingerprint density at radius 3 is 2.78 bits per heavy atom. The van der Waals surface area contributed by atoms with Crippen LogP contribution >= 0.6 is 0 Å². The van der Waals surface area contributed by atoms with Gasteiger partial charge in [-0.2, -0.15) is 5.53 Å². The Morgan fingerprint density at radius 1 is 1.39 bits per heavy atom. The maximum Gasteiger partial charge on any atom is 0.328 e. The average Bonchev–Trinajstić information content (AvgIpc) is 2.81. The van der Waals surface area contributed by atoms with Gasteiger partial charge in [0.05, 0.1) is 6.61 Å². The van der Waals surface area contributed by atoms with E-state index in [-0.39, 0.29) is 18.0 Å². The molecule has 7 heteroatoms. The lowest BCUT2D eigenvalue weighted by molar-refractivity contribution is -0.145. The van der Waals surface area contributed by atoms with Gasteiger partial charge in [0.25, 0.3) is 0 Å². The number of halogens is 1. The van der Waals surface area contributed by atoms with Crippen molar-refractivity contribution in [3.8, 4) is 0 Å². The number of hydrogen-bond acceptors (Lipinski definition) is 6. The number of nitrogens with one attached hydrogen (secondary N) is 4. The molecule has 2 unspecified atom stereocenters. The number of anilines is 1. The van der Waals surface area contributed by atoms with Gasteiger partial charge in [-0.15, -0.1) is 0 Å². The van der Waals surface area contributed by atoms with Crippen LogP contribution in [0.5, 0.6) is 0 Å². The molecule has 0 radical (unpaired) electrons. The highest BCUT2D eigenvalue weighted by molar-refractivity contribution is 5.77. The molecular weight excluding hydrogens is 239 g/mol. The number of carbonyl (C=O) groups excluding carboxylic acids is 1. The molecule has 0 saturated carbocycles. The lowest BCUT2D eigenvalue weighted by atomic mass is 10.2. The fourth-order valence-electron chi connectivity index (χ4n) is 1.64. The minimum Gasteiger partial charge on any atom is -0.465 e. The highest BCUT2D eigenvalue weighted by atomic mass is 19.1. The van der Waals surface area contributed by atoms with Crippen LogP contribution in [0.2, 0.25) is 0 Å². The van der Waals surface area contributed by atoms with Gasteiger partial charge in [-0.3, -0.25) is 4.79 Å². The predicted octanol–water partition coefficient (Wildman–Crippen LogP) is 0.108. The van der Waals surface area contributed by atoms with E-state index in [0.717, 1.165) is 0 Å². The van der Waals surface area contributed by atoms with Crippen molar-refractivity contribution in [2.24, 2.45) is 0 Å². The summed E-state index contributed by atoms with van der Waals surface area (Å²) < 4.78 is 17.7. The summed E-state index contributed by atoms with van der Waals surface area (Å²) >= 11 is 0. The minimum atomic E-state index is -0.560. The van der Waals surface area contributed by atoms with Crippen molar-refractivity contribution in [2.75, 3.05) is 11.9 Å². The van der Waals surface area contributed by atoms with Crippen LogP contribution in [0.3, 0.4) is 0 Å². The summed E-state index contributed by atoms with van der Waals surface area (Å²) in [4.78, 5) is 11.6. The van der Waals surface area contributed by atoms with Gasteiger partial charge in [-0.1, -0.05) is 0 Å². The predicted molar refractivity (Wildman–Crippen MR) is 63.6 cm³/mol. The molecule has 1 aromatic carbocycles. The Bertz CT molecular complexity index is 412. The van der Waals surface area contributed by atoms with Crippen LogP contribution in [0.4, 0.5) is 10.1 Å². The average molecular weight is 254 g/mol. The quantitative estimate of drug-likeness (QED) is 0.571. The fourth-order valence-corrected chi connectivity index (χ4v) is 1.64. The zero-order valence-electron chi connectivity index (χ0n) is 9.87.